The van der Waals surface area contributed by atoms with Crippen molar-refractivity contribution in [2.75, 3.05) is 5.32 Å². The molecule has 0 aliphatic carbocycles. The van der Waals surface area contributed by atoms with Gasteiger partial charge >= 0.3 is 0 Å². The molecule has 1 heterocycles. The Labute approximate surface area is 118 Å². The summed E-state index contributed by atoms with van der Waals surface area (Å²) in [6.45, 7) is 2.82. The number of halogens is 2. The SMILES string of the molecule is Cc1cc(NCc2cccc(Br)c2)ncc1Br. The number of pyridine rings is 1. The van der Waals surface area contributed by atoms with Crippen molar-refractivity contribution >= 4 is 37.7 Å². The fourth-order valence-electron chi connectivity index (χ4n) is 1.48. The molecule has 1 aromatic heterocycles. The lowest BCUT2D eigenvalue weighted by atomic mass is 10.2. The van der Waals surface area contributed by atoms with E-state index in [4.69, 9.17) is 0 Å². The van der Waals surface area contributed by atoms with Crippen LogP contribution in [0.4, 0.5) is 5.82 Å². The maximum absolute atomic E-state index is 4.31. The highest BCUT2D eigenvalue weighted by molar-refractivity contribution is 9.10. The number of benzene rings is 1. The monoisotopic (exact) mass is 354 g/mol. The summed E-state index contributed by atoms with van der Waals surface area (Å²) >= 11 is 6.90. The zero-order valence-corrected chi connectivity index (χ0v) is 12.5. The molecule has 0 radical (unpaired) electrons. The van der Waals surface area contributed by atoms with Gasteiger partial charge in [-0.05, 0) is 52.2 Å². The number of rotatable bonds is 3. The van der Waals surface area contributed by atoms with Crippen molar-refractivity contribution in [3.05, 3.63) is 56.6 Å². The van der Waals surface area contributed by atoms with Gasteiger partial charge in [0.15, 0.2) is 0 Å². The van der Waals surface area contributed by atoms with Gasteiger partial charge in [0.2, 0.25) is 0 Å². The molecule has 0 aliphatic rings. The van der Waals surface area contributed by atoms with Crippen molar-refractivity contribution in [2.45, 2.75) is 13.5 Å². The molecule has 17 heavy (non-hydrogen) atoms. The Morgan fingerprint density at radius 2 is 2.06 bits per heavy atom. The number of nitrogens with zero attached hydrogens (tertiary/aromatic N) is 1. The van der Waals surface area contributed by atoms with Crippen LogP contribution < -0.4 is 5.32 Å². The number of nitrogens with one attached hydrogen (secondary N) is 1. The summed E-state index contributed by atoms with van der Waals surface area (Å²) in [6, 6.07) is 10.3. The van der Waals surface area contributed by atoms with Crippen molar-refractivity contribution < 1.29 is 0 Å². The first-order valence-corrected chi connectivity index (χ1v) is 6.84. The zero-order valence-electron chi connectivity index (χ0n) is 9.37. The van der Waals surface area contributed by atoms with Crippen molar-refractivity contribution in [2.24, 2.45) is 0 Å². The lowest BCUT2D eigenvalue weighted by molar-refractivity contribution is 1.10. The Morgan fingerprint density at radius 1 is 1.24 bits per heavy atom. The number of aromatic nitrogens is 1. The summed E-state index contributed by atoms with van der Waals surface area (Å²) in [7, 11) is 0. The first kappa shape index (κ1) is 12.6. The Hall–Kier alpha value is -0.870. The topological polar surface area (TPSA) is 24.9 Å². The Kier molecular flexibility index (Phi) is 4.18. The van der Waals surface area contributed by atoms with E-state index in [0.29, 0.717) is 0 Å². The van der Waals surface area contributed by atoms with E-state index in [9.17, 15) is 0 Å². The summed E-state index contributed by atoms with van der Waals surface area (Å²) in [5, 5.41) is 3.30. The standard InChI is InChI=1S/C13H12Br2N2/c1-9-5-13(17-8-12(9)15)16-7-10-3-2-4-11(14)6-10/h2-6,8H,7H2,1H3,(H,16,17). The van der Waals surface area contributed by atoms with E-state index < -0.39 is 0 Å². The van der Waals surface area contributed by atoms with Crippen molar-refractivity contribution in [3.63, 3.8) is 0 Å². The highest BCUT2D eigenvalue weighted by atomic mass is 79.9. The molecule has 0 aliphatic heterocycles. The number of hydrogen-bond donors (Lipinski definition) is 1. The minimum absolute atomic E-state index is 0.771. The quantitative estimate of drug-likeness (QED) is 0.875. The van der Waals surface area contributed by atoms with Crippen molar-refractivity contribution in [1.82, 2.24) is 4.98 Å². The van der Waals surface area contributed by atoms with Gasteiger partial charge < -0.3 is 5.32 Å². The van der Waals surface area contributed by atoms with E-state index in [-0.39, 0.29) is 0 Å². The second kappa shape index (κ2) is 5.65. The van der Waals surface area contributed by atoms with Gasteiger partial charge in [-0.1, -0.05) is 28.1 Å². The second-order valence-electron chi connectivity index (χ2n) is 3.80. The third-order valence-corrected chi connectivity index (χ3v) is 3.73. The molecule has 88 valence electrons. The fourth-order valence-corrected chi connectivity index (χ4v) is 2.14. The van der Waals surface area contributed by atoms with Crippen LogP contribution in [-0.4, -0.2) is 4.98 Å². The molecule has 0 fully saturated rings. The maximum Gasteiger partial charge on any atom is 0.126 e. The predicted molar refractivity (Wildman–Crippen MR) is 78.1 cm³/mol. The van der Waals surface area contributed by atoms with Gasteiger partial charge in [-0.2, -0.15) is 0 Å². The summed E-state index contributed by atoms with van der Waals surface area (Å²) in [5.41, 5.74) is 2.40. The van der Waals surface area contributed by atoms with Gasteiger partial charge in [0.05, 0.1) is 0 Å². The first-order valence-electron chi connectivity index (χ1n) is 5.25. The summed E-state index contributed by atoms with van der Waals surface area (Å²) in [4.78, 5) is 4.31. The van der Waals surface area contributed by atoms with Crippen LogP contribution in [0.3, 0.4) is 0 Å². The van der Waals surface area contributed by atoms with Gasteiger partial charge in [0.25, 0.3) is 0 Å². The number of anilines is 1. The van der Waals surface area contributed by atoms with E-state index in [1.54, 1.807) is 0 Å². The van der Waals surface area contributed by atoms with Crippen LogP contribution in [0.25, 0.3) is 0 Å². The molecule has 0 bridgehead atoms. The van der Waals surface area contributed by atoms with E-state index >= 15 is 0 Å². The molecule has 0 saturated carbocycles. The molecule has 0 spiro atoms. The van der Waals surface area contributed by atoms with Crippen LogP contribution in [0, 0.1) is 6.92 Å². The Bertz CT molecular complexity index is 527. The Balaban J connectivity index is 2.05. The lowest BCUT2D eigenvalue weighted by Crippen LogP contribution is -2.01. The van der Waals surface area contributed by atoms with E-state index in [1.165, 1.54) is 11.1 Å². The lowest BCUT2D eigenvalue weighted by Gasteiger charge is -2.07. The van der Waals surface area contributed by atoms with E-state index in [1.807, 2.05) is 24.4 Å². The fraction of sp³-hybridized carbons (Fsp3) is 0.154. The molecule has 4 heteroatoms. The van der Waals surface area contributed by atoms with Crippen molar-refractivity contribution in [3.8, 4) is 0 Å². The smallest absolute Gasteiger partial charge is 0.126 e. The van der Waals surface area contributed by atoms with E-state index in [0.717, 1.165) is 21.3 Å². The molecule has 1 aromatic carbocycles. The molecule has 0 unspecified atom stereocenters. The van der Waals surface area contributed by atoms with Crippen molar-refractivity contribution in [1.29, 1.82) is 0 Å². The van der Waals surface area contributed by atoms with Gasteiger partial charge in [-0.25, -0.2) is 4.98 Å². The minimum Gasteiger partial charge on any atom is -0.366 e. The molecular weight excluding hydrogens is 344 g/mol. The molecule has 2 aromatic rings. The van der Waals surface area contributed by atoms with Crippen LogP contribution in [-0.2, 0) is 6.54 Å². The minimum atomic E-state index is 0.771. The maximum atomic E-state index is 4.31. The number of aryl methyl sites for hydroxylation is 1. The highest BCUT2D eigenvalue weighted by Crippen LogP contribution is 2.18. The largest absolute Gasteiger partial charge is 0.366 e. The molecule has 1 N–H and O–H groups in total. The first-order chi connectivity index (χ1) is 8.15. The van der Waals surface area contributed by atoms with Crippen LogP contribution in [0.1, 0.15) is 11.1 Å². The van der Waals surface area contributed by atoms with Gasteiger partial charge in [-0.15, -0.1) is 0 Å². The van der Waals surface area contributed by atoms with Crippen LogP contribution in [0.15, 0.2) is 45.5 Å². The van der Waals surface area contributed by atoms with Crippen LogP contribution >= 0.6 is 31.9 Å². The summed E-state index contributed by atoms with van der Waals surface area (Å²) in [6.07, 6.45) is 1.82. The third kappa shape index (κ3) is 3.54. The molecule has 0 amide bonds. The molecular formula is C13H12Br2N2. The molecule has 0 atom stereocenters. The average molecular weight is 356 g/mol. The highest BCUT2D eigenvalue weighted by Gasteiger charge is 1.99. The predicted octanol–water partition coefficient (Wildman–Crippen LogP) is 4.53. The Morgan fingerprint density at radius 3 is 2.76 bits per heavy atom. The van der Waals surface area contributed by atoms with Gasteiger partial charge in [0.1, 0.15) is 5.82 Å². The van der Waals surface area contributed by atoms with Crippen LogP contribution in [0.2, 0.25) is 0 Å². The number of hydrogen-bond acceptors (Lipinski definition) is 2. The molecule has 2 rings (SSSR count). The molecule has 0 saturated heterocycles. The van der Waals surface area contributed by atoms with Gasteiger partial charge in [0, 0.05) is 21.7 Å². The van der Waals surface area contributed by atoms with E-state index in [2.05, 4.69) is 61.2 Å². The molecule has 2 nitrogen and oxygen atoms in total. The second-order valence-corrected chi connectivity index (χ2v) is 5.57. The van der Waals surface area contributed by atoms with Gasteiger partial charge in [-0.3, -0.25) is 0 Å². The average Bonchev–Trinajstić information content (AvgIpc) is 2.31. The normalized spacial score (nSPS) is 10.3. The zero-order chi connectivity index (χ0) is 12.3. The summed E-state index contributed by atoms with van der Waals surface area (Å²) < 4.78 is 2.13. The van der Waals surface area contributed by atoms with Crippen LogP contribution in [0.5, 0.6) is 0 Å². The third-order valence-electron chi connectivity index (χ3n) is 2.41. The summed E-state index contributed by atoms with van der Waals surface area (Å²) in [5.74, 6) is 0.894.